The molecule has 0 spiro atoms. The predicted octanol–water partition coefficient (Wildman–Crippen LogP) is -5.89. The molecule has 23 atom stereocenters. The van der Waals surface area contributed by atoms with E-state index in [1.54, 1.807) is 0 Å². The Morgan fingerprint density at radius 3 is 0.892 bits per heavy atom. The molecule has 4 saturated heterocycles. The number of rotatable bonds is 75. The van der Waals surface area contributed by atoms with Gasteiger partial charge in [0.05, 0.1) is 39.6 Å². The topological polar surface area (TPSA) is 789 Å². The summed E-state index contributed by atoms with van der Waals surface area (Å²) in [5.41, 5.74) is -0.206. The number of aliphatic hydroxyl groups excluding tert-OH is 12. The maximum atomic E-state index is 14.2. The minimum Gasteiger partial charge on any atom is -0.492 e. The highest BCUT2D eigenvalue weighted by Gasteiger charge is 2.50. The van der Waals surface area contributed by atoms with Gasteiger partial charge in [-0.1, -0.05) is 38.5 Å². The summed E-state index contributed by atoms with van der Waals surface area (Å²) in [5, 5.41) is 161. The third kappa shape index (κ3) is 50.0. The van der Waals surface area contributed by atoms with Crippen LogP contribution in [-0.4, -0.2) is 409 Å². The van der Waals surface area contributed by atoms with Gasteiger partial charge >= 0.3 is 7.82 Å². The molecular formula is C94H161N14O39P. The van der Waals surface area contributed by atoms with Crippen LogP contribution >= 0.6 is 7.82 Å². The molecule has 54 heteroatoms. The fourth-order valence-electron chi connectivity index (χ4n) is 16.3. The Hall–Kier alpha value is -9.09. The van der Waals surface area contributed by atoms with Crippen LogP contribution in [0.3, 0.4) is 0 Å². The van der Waals surface area contributed by atoms with Crippen LogP contribution in [0.25, 0.3) is 0 Å². The monoisotopic (exact) mass is 2140 g/mol. The van der Waals surface area contributed by atoms with Gasteiger partial charge in [-0.15, -0.1) is 0 Å². The van der Waals surface area contributed by atoms with E-state index in [1.165, 1.54) is 45.9 Å². The summed E-state index contributed by atoms with van der Waals surface area (Å²) in [6.45, 7) is 1.59. The van der Waals surface area contributed by atoms with E-state index in [2.05, 4.69) is 79.0 Å². The summed E-state index contributed by atoms with van der Waals surface area (Å²) in [6, 6.07) is -3.11. The lowest BCUT2D eigenvalue weighted by Gasteiger charge is -2.42. The van der Waals surface area contributed by atoms with Crippen LogP contribution in [0.5, 0.6) is 5.75 Å². The van der Waals surface area contributed by atoms with Gasteiger partial charge in [0.2, 0.25) is 70.9 Å². The molecule has 53 nitrogen and oxygen atoms in total. The lowest BCUT2D eigenvalue weighted by Crippen LogP contribution is -2.64. The van der Waals surface area contributed by atoms with E-state index in [9.17, 15) is 138 Å². The molecule has 1 aromatic rings. The van der Waals surface area contributed by atoms with Crippen LogP contribution in [0.15, 0.2) is 18.2 Å². The van der Waals surface area contributed by atoms with Crippen molar-refractivity contribution >= 4 is 90.5 Å². The van der Waals surface area contributed by atoms with Crippen LogP contribution in [0.1, 0.15) is 235 Å². The van der Waals surface area contributed by atoms with Gasteiger partial charge in [0, 0.05) is 157 Å². The van der Waals surface area contributed by atoms with Crippen LogP contribution in [0.2, 0.25) is 0 Å². The maximum absolute atomic E-state index is 14.2. The van der Waals surface area contributed by atoms with Crippen LogP contribution in [0, 0.1) is 0 Å². The van der Waals surface area contributed by atoms with Crippen molar-refractivity contribution in [1.29, 1.82) is 0 Å². The zero-order valence-corrected chi connectivity index (χ0v) is 85.9. The molecule has 0 aliphatic carbocycles. The summed E-state index contributed by atoms with van der Waals surface area (Å²) in [5.74, 6) is -7.12. The lowest BCUT2D eigenvalue weighted by atomic mass is 9.97. The Kier molecular flexibility index (Phi) is 63.3. The van der Waals surface area contributed by atoms with E-state index >= 15 is 0 Å². The fraction of sp³-hybridized carbons (Fsp3) is 0.787. The predicted molar refractivity (Wildman–Crippen MR) is 520 cm³/mol. The minimum absolute atomic E-state index is 0.00892. The summed E-state index contributed by atoms with van der Waals surface area (Å²) >= 11 is 0. The smallest absolute Gasteiger partial charge is 0.471 e. The molecule has 846 valence electrons. The molecule has 4 fully saturated rings. The zero-order chi connectivity index (χ0) is 109. The summed E-state index contributed by atoms with van der Waals surface area (Å²) < 4.78 is 72.1. The average molecular weight is 2140 g/mol. The molecule has 4 heterocycles. The molecule has 4 aliphatic heterocycles. The number of carbonyl (C=O) groups excluding carboxylic acids is 14. The van der Waals surface area contributed by atoms with Crippen molar-refractivity contribution in [2.75, 3.05) is 126 Å². The van der Waals surface area contributed by atoms with E-state index in [4.69, 9.17) is 47.2 Å². The van der Waals surface area contributed by atoms with Crippen molar-refractivity contribution in [2.24, 2.45) is 0 Å². The number of benzene rings is 1. The zero-order valence-electron chi connectivity index (χ0n) is 85.0. The van der Waals surface area contributed by atoms with Crippen LogP contribution in [0.4, 0.5) is 0 Å². The summed E-state index contributed by atoms with van der Waals surface area (Å²) in [4.78, 5) is 192. The first-order valence-electron chi connectivity index (χ1n) is 50.9. The van der Waals surface area contributed by atoms with Gasteiger partial charge in [-0.25, -0.2) is 4.57 Å². The van der Waals surface area contributed by atoms with Gasteiger partial charge in [-0.05, 0) is 127 Å². The van der Waals surface area contributed by atoms with Crippen LogP contribution < -0.4 is 79.2 Å². The van der Waals surface area contributed by atoms with Gasteiger partial charge in [-0.2, -0.15) is 0 Å². The number of ether oxygens (including phenoxy) is 9. The minimum atomic E-state index is -4.08. The molecule has 14 amide bonds. The first-order valence-corrected chi connectivity index (χ1v) is 52.4. The van der Waals surface area contributed by atoms with E-state index in [0.717, 1.165) is 45.6 Å². The van der Waals surface area contributed by atoms with Gasteiger partial charge in [0.1, 0.15) is 122 Å². The molecule has 1 aromatic carbocycles. The second kappa shape index (κ2) is 72.4. The number of carbonyl (C=O) groups is 14. The molecule has 21 unspecified atom stereocenters. The molecule has 0 saturated carbocycles. The summed E-state index contributed by atoms with van der Waals surface area (Å²) in [7, 11) is -3.03. The molecule has 4 aliphatic rings. The van der Waals surface area contributed by atoms with Gasteiger partial charge in [0.15, 0.2) is 25.2 Å². The number of aliphatic hydroxyl groups is 12. The first kappa shape index (κ1) is 129. The highest BCUT2D eigenvalue weighted by atomic mass is 31.2. The van der Waals surface area contributed by atoms with E-state index in [0.29, 0.717) is 64.2 Å². The van der Waals surface area contributed by atoms with Crippen molar-refractivity contribution < 1.29 is 190 Å². The van der Waals surface area contributed by atoms with Gasteiger partial charge in [0.25, 0.3) is 11.8 Å². The number of phosphoric acid groups is 1. The number of hydrogen-bond donors (Lipinski definition) is 27. The van der Waals surface area contributed by atoms with E-state index in [1.807, 2.05) is 0 Å². The van der Waals surface area contributed by atoms with Crippen molar-refractivity contribution in [3.63, 3.8) is 0 Å². The second-order valence-electron chi connectivity index (χ2n) is 36.5. The molecule has 27 N–H and O–H groups in total. The Morgan fingerprint density at radius 2 is 0.595 bits per heavy atom. The SMILES string of the molecule is COP(=O)(O)OCCCNC(=O)CCCCCCCCCCC(=O)NCCOc1cc(C(=O)NCCNC(=O)[C@H](CCCCNC(=O)CCCCOC2OC(CO)C(O)C(O)C2NC(C)=O)NC(=O)CCCCOC2OC(CO)C(O)C(O)C2NC(C)=O)cc(C(=O)NCCNC(=O)[C@H](CCCCNC(=O)CCCCOC2OC(CO)C(O)C(O)C2NC(C)=O)NC(=O)CCCCOC2OC(CO)C(O)C(O)C2NC(C)=O)c1. The fourth-order valence-corrected chi connectivity index (χ4v) is 16.7. The number of amides is 14. The number of nitrogens with one attached hydrogen (secondary N) is 14. The highest BCUT2D eigenvalue weighted by molar-refractivity contribution is 7.47. The standard InChI is InChI=1S/C94H161N14O39P/c1-56(113)103-75-83(127)79(123)65(52-109)144-91(75)139-43-22-16-31-70(118)95-35-20-14-27-63(107-73(121)33-18-24-45-141-93-77(105-58(3)115)85(129)81(125)67(54-111)146-93)89(133)101-40-38-99-87(131)60-49-61(51-62(50-60)138-48-42-98-72(120)30-13-11-9-7-6-8-10-12-29-69(117)97-37-26-47-143-148(135,136)137-5)88(132)100-39-41-102-90(134)64(108-74(122)34-19-25-46-142-94-78(106-59(4)116)86(130)82(126)68(55-112)147-94)28-15-21-36-96-71(119)32-17-23-44-140-92-76(104-57(2)114)84(128)80(124)66(53-110)145-92/h49-51,63-68,75-86,91-94,109-112,123-130H,6-48,52-55H2,1-5H3,(H,95,118)(H,96,119)(H,97,117)(H,98,120)(H,99,131)(H,100,132)(H,101,133)(H,102,134)(H,103,113)(H,104,114)(H,105,115)(H,106,116)(H,107,121)(H,108,122)(H,135,136)/t63-,64-,65?,66?,67?,68?,75?,76?,77?,78?,79?,80?,81?,82?,83?,84?,85?,86?,91?,92?,93?,94?/m0/s1. The Morgan fingerprint density at radius 1 is 0.318 bits per heavy atom. The number of unbranched alkanes of at least 4 members (excludes halogenated alkanes) is 13. The van der Waals surface area contributed by atoms with Crippen molar-refractivity contribution in [1.82, 2.24) is 74.4 Å². The Bertz CT molecular complexity index is 4010. The normalized spacial score (nSPS) is 24.5. The van der Waals surface area contributed by atoms with Crippen LogP contribution in [-0.2, 0) is 109 Å². The molecule has 0 bridgehead atoms. The maximum Gasteiger partial charge on any atom is 0.471 e. The van der Waals surface area contributed by atoms with Gasteiger partial charge in [-0.3, -0.25) is 76.2 Å². The highest BCUT2D eigenvalue weighted by Crippen LogP contribution is 2.42. The van der Waals surface area contributed by atoms with Gasteiger partial charge < -0.3 is 183 Å². The Balaban J connectivity index is 1.23. The quantitative estimate of drug-likeness (QED) is 0.0213. The van der Waals surface area contributed by atoms with Crippen molar-refractivity contribution in [2.45, 2.75) is 349 Å². The summed E-state index contributed by atoms with van der Waals surface area (Å²) in [6.07, 6.45) is -11.3. The van der Waals surface area contributed by atoms with E-state index in [-0.39, 0.29) is 216 Å². The Labute approximate surface area is 860 Å². The number of phosphoric ester groups is 1. The first-order chi connectivity index (χ1) is 70.7. The van der Waals surface area contributed by atoms with Crippen molar-refractivity contribution in [3.05, 3.63) is 29.3 Å². The largest absolute Gasteiger partial charge is 0.492 e. The lowest BCUT2D eigenvalue weighted by molar-refractivity contribution is -0.270. The molecule has 148 heavy (non-hydrogen) atoms. The molecular weight excluding hydrogens is 1980 g/mol. The molecule has 5 rings (SSSR count). The second-order valence-corrected chi connectivity index (χ2v) is 38.1. The molecule has 0 aromatic heterocycles. The third-order valence-corrected chi connectivity index (χ3v) is 25.3. The third-order valence-electron chi connectivity index (χ3n) is 24.3. The van der Waals surface area contributed by atoms with E-state index < -0.39 is 228 Å². The van der Waals surface area contributed by atoms with Crippen molar-refractivity contribution in [3.8, 4) is 5.75 Å². The number of hydrogen-bond acceptors (Lipinski definition) is 38. The molecule has 0 radical (unpaired) electrons. The average Bonchev–Trinajstić information content (AvgIpc) is 1.01.